The Hall–Kier alpha value is -1.06. The van der Waals surface area contributed by atoms with Gasteiger partial charge in [0.2, 0.25) is 5.91 Å². The van der Waals surface area contributed by atoms with E-state index in [2.05, 4.69) is 0 Å². The smallest absolute Gasteiger partial charge is 0.303 e. The quantitative estimate of drug-likeness (QED) is 0.855. The molecule has 0 bridgehead atoms. The van der Waals surface area contributed by atoms with Crippen molar-refractivity contribution in [3.63, 3.8) is 0 Å². The Morgan fingerprint density at radius 2 is 1.58 bits per heavy atom. The summed E-state index contributed by atoms with van der Waals surface area (Å²) >= 11 is 0. The summed E-state index contributed by atoms with van der Waals surface area (Å²) in [6.07, 6.45) is 10.3. The Labute approximate surface area is 115 Å². The van der Waals surface area contributed by atoms with Gasteiger partial charge < -0.3 is 10.0 Å². The number of carboxylic acids is 1. The zero-order valence-corrected chi connectivity index (χ0v) is 11.7. The van der Waals surface area contributed by atoms with Gasteiger partial charge in [0.15, 0.2) is 0 Å². The molecule has 108 valence electrons. The fourth-order valence-corrected chi connectivity index (χ4v) is 3.68. The molecule has 0 aromatic heterocycles. The van der Waals surface area contributed by atoms with E-state index in [1.807, 2.05) is 4.90 Å². The maximum absolute atomic E-state index is 12.0. The minimum atomic E-state index is -0.882. The molecule has 1 spiro atoms. The van der Waals surface area contributed by atoms with Crippen molar-refractivity contribution in [3.05, 3.63) is 0 Å². The molecule has 2 aliphatic rings. The molecule has 1 heterocycles. The Kier molecular flexibility index (Phi) is 4.83. The number of amides is 1. The van der Waals surface area contributed by atoms with E-state index in [1.54, 1.807) is 0 Å². The lowest BCUT2D eigenvalue weighted by Crippen LogP contribution is -2.33. The van der Waals surface area contributed by atoms with Gasteiger partial charge in [-0.25, -0.2) is 0 Å². The molecule has 4 nitrogen and oxygen atoms in total. The molecule has 1 aliphatic carbocycles. The lowest BCUT2D eigenvalue weighted by Gasteiger charge is -2.36. The summed E-state index contributed by atoms with van der Waals surface area (Å²) in [5, 5.41) is 8.64. The maximum Gasteiger partial charge on any atom is 0.303 e. The van der Waals surface area contributed by atoms with Gasteiger partial charge in [0, 0.05) is 19.5 Å². The summed E-state index contributed by atoms with van der Waals surface area (Å²) in [7, 11) is 0. The predicted molar refractivity (Wildman–Crippen MR) is 72.8 cm³/mol. The van der Waals surface area contributed by atoms with Crippen LogP contribution in [0, 0.1) is 5.41 Å². The zero-order chi connectivity index (χ0) is 13.7. The van der Waals surface area contributed by atoms with Gasteiger partial charge >= 0.3 is 5.97 Å². The van der Waals surface area contributed by atoms with Crippen LogP contribution in [-0.2, 0) is 9.59 Å². The van der Waals surface area contributed by atoms with Crippen molar-refractivity contribution in [2.75, 3.05) is 13.1 Å². The van der Waals surface area contributed by atoms with E-state index in [1.165, 1.54) is 38.5 Å². The average Bonchev–Trinajstić information content (AvgIpc) is 2.60. The van der Waals surface area contributed by atoms with E-state index in [-0.39, 0.29) is 18.7 Å². The number of carbonyl (C=O) groups excluding carboxylic acids is 1. The normalized spacial score (nSPS) is 23.1. The van der Waals surface area contributed by atoms with Crippen LogP contribution in [0.1, 0.15) is 64.2 Å². The molecule has 1 N–H and O–H groups in total. The Balaban J connectivity index is 1.85. The number of hydrogen-bond donors (Lipinski definition) is 1. The summed E-state index contributed by atoms with van der Waals surface area (Å²) in [5.74, 6) is -0.859. The Bertz CT molecular complexity index is 334. The fraction of sp³-hybridized carbons (Fsp3) is 0.867. The van der Waals surface area contributed by atoms with Gasteiger partial charge in [0.05, 0.1) is 6.42 Å². The third-order valence-corrected chi connectivity index (χ3v) is 4.87. The van der Waals surface area contributed by atoms with Gasteiger partial charge in [0.25, 0.3) is 0 Å². The molecule has 1 amide bonds. The van der Waals surface area contributed by atoms with E-state index >= 15 is 0 Å². The molecule has 1 saturated carbocycles. The molecule has 1 saturated heterocycles. The van der Waals surface area contributed by atoms with Gasteiger partial charge in [-0.3, -0.25) is 9.59 Å². The van der Waals surface area contributed by atoms with Crippen LogP contribution < -0.4 is 0 Å². The van der Waals surface area contributed by atoms with Crippen molar-refractivity contribution < 1.29 is 14.7 Å². The first-order valence-electron chi connectivity index (χ1n) is 7.61. The van der Waals surface area contributed by atoms with Crippen LogP contribution in [0.15, 0.2) is 0 Å². The van der Waals surface area contributed by atoms with Gasteiger partial charge in [0.1, 0.15) is 0 Å². The fourth-order valence-electron chi connectivity index (χ4n) is 3.68. The first kappa shape index (κ1) is 14.4. The summed E-state index contributed by atoms with van der Waals surface area (Å²) in [6, 6.07) is 0. The highest BCUT2D eigenvalue weighted by molar-refractivity contribution is 5.80. The van der Waals surface area contributed by atoms with Crippen LogP contribution in [0.5, 0.6) is 0 Å². The molecule has 2 rings (SSSR count). The predicted octanol–water partition coefficient (Wildman–Crippen LogP) is 2.81. The van der Waals surface area contributed by atoms with E-state index in [0.29, 0.717) is 5.41 Å². The van der Waals surface area contributed by atoms with Gasteiger partial charge in [-0.1, -0.05) is 19.3 Å². The van der Waals surface area contributed by atoms with Crippen LogP contribution in [0.3, 0.4) is 0 Å². The highest BCUT2D eigenvalue weighted by atomic mass is 16.4. The maximum atomic E-state index is 12.0. The highest BCUT2D eigenvalue weighted by Crippen LogP contribution is 2.44. The average molecular weight is 267 g/mol. The summed E-state index contributed by atoms with van der Waals surface area (Å²) in [4.78, 5) is 24.4. The van der Waals surface area contributed by atoms with E-state index in [4.69, 9.17) is 5.11 Å². The number of hydrogen-bond acceptors (Lipinski definition) is 2. The minimum Gasteiger partial charge on any atom is -0.481 e. The summed E-state index contributed by atoms with van der Waals surface area (Å²) in [6.45, 7) is 1.65. The Morgan fingerprint density at radius 3 is 2.26 bits per heavy atom. The van der Waals surface area contributed by atoms with Crippen molar-refractivity contribution in [2.24, 2.45) is 5.41 Å². The SMILES string of the molecule is O=C(O)CCC(=O)N1CCCC2(CCCCC2)CC1. The van der Waals surface area contributed by atoms with Crippen LogP contribution >= 0.6 is 0 Å². The number of carboxylic acid groups (broad SMARTS) is 1. The van der Waals surface area contributed by atoms with Crippen molar-refractivity contribution in [1.82, 2.24) is 4.90 Å². The number of nitrogens with zero attached hydrogens (tertiary/aromatic N) is 1. The minimum absolute atomic E-state index is 0.0234. The standard InChI is InChI=1S/C15H25NO3/c17-13(5-6-14(18)19)16-11-4-9-15(10-12-16)7-2-1-3-8-15/h1-12H2,(H,18,19). The molecular formula is C15H25NO3. The zero-order valence-electron chi connectivity index (χ0n) is 11.7. The third-order valence-electron chi connectivity index (χ3n) is 4.87. The Morgan fingerprint density at radius 1 is 0.895 bits per heavy atom. The van der Waals surface area contributed by atoms with Gasteiger partial charge in [-0.05, 0) is 37.5 Å². The number of likely N-dealkylation sites (tertiary alicyclic amines) is 1. The third kappa shape index (κ3) is 3.95. The number of carbonyl (C=O) groups is 2. The van der Waals surface area contributed by atoms with Crippen LogP contribution in [0.25, 0.3) is 0 Å². The van der Waals surface area contributed by atoms with Crippen LogP contribution in [0.2, 0.25) is 0 Å². The van der Waals surface area contributed by atoms with Gasteiger partial charge in [-0.2, -0.15) is 0 Å². The molecule has 4 heteroatoms. The lowest BCUT2D eigenvalue weighted by molar-refractivity contribution is -0.140. The molecule has 0 aromatic carbocycles. The largest absolute Gasteiger partial charge is 0.481 e. The molecule has 2 fully saturated rings. The molecule has 19 heavy (non-hydrogen) atoms. The second kappa shape index (κ2) is 6.40. The second-order valence-electron chi connectivity index (χ2n) is 6.19. The van der Waals surface area contributed by atoms with Crippen molar-refractivity contribution in [3.8, 4) is 0 Å². The van der Waals surface area contributed by atoms with Crippen LogP contribution in [-0.4, -0.2) is 35.0 Å². The first-order valence-corrected chi connectivity index (χ1v) is 7.61. The van der Waals surface area contributed by atoms with Crippen molar-refractivity contribution in [2.45, 2.75) is 64.2 Å². The molecule has 0 radical (unpaired) electrons. The molecular weight excluding hydrogens is 242 g/mol. The van der Waals surface area contributed by atoms with Crippen molar-refractivity contribution in [1.29, 1.82) is 0 Å². The summed E-state index contributed by atoms with van der Waals surface area (Å²) < 4.78 is 0. The number of aliphatic carboxylic acids is 1. The monoisotopic (exact) mass is 267 g/mol. The molecule has 0 aromatic rings. The lowest BCUT2D eigenvalue weighted by atomic mass is 9.69. The van der Waals surface area contributed by atoms with Crippen LogP contribution in [0.4, 0.5) is 0 Å². The highest BCUT2D eigenvalue weighted by Gasteiger charge is 2.34. The van der Waals surface area contributed by atoms with E-state index in [9.17, 15) is 9.59 Å². The number of rotatable bonds is 3. The molecule has 0 atom stereocenters. The van der Waals surface area contributed by atoms with E-state index in [0.717, 1.165) is 25.9 Å². The topological polar surface area (TPSA) is 57.6 Å². The van der Waals surface area contributed by atoms with E-state index < -0.39 is 5.97 Å². The second-order valence-corrected chi connectivity index (χ2v) is 6.19. The first-order chi connectivity index (χ1) is 9.11. The molecule has 1 aliphatic heterocycles. The van der Waals surface area contributed by atoms with Crippen molar-refractivity contribution >= 4 is 11.9 Å². The molecule has 0 unspecified atom stereocenters. The summed E-state index contributed by atoms with van der Waals surface area (Å²) in [5.41, 5.74) is 0.486. The van der Waals surface area contributed by atoms with Gasteiger partial charge in [-0.15, -0.1) is 0 Å².